The molecule has 4 heterocycles. The van der Waals surface area contributed by atoms with Gasteiger partial charge >= 0.3 is 6.09 Å². The number of methoxy groups -OCH3 is 1. The number of carbonyl (C=O) groups is 2. The highest BCUT2D eigenvalue weighted by atomic mass is 35.5. The number of phenolic OH excluding ortho intramolecular Hbond substituents is 1. The fourth-order valence-electron chi connectivity index (χ4n) is 8.99. The number of hydrogen-bond acceptors (Lipinski definition) is 9. The molecule has 2 bridgehead atoms. The Morgan fingerprint density at radius 2 is 1.73 bits per heavy atom. The molecule has 3 aliphatic heterocycles. The lowest BCUT2D eigenvalue weighted by atomic mass is 9.96. The number of amides is 2. The van der Waals surface area contributed by atoms with E-state index in [1.165, 1.54) is 19.2 Å². The summed E-state index contributed by atoms with van der Waals surface area (Å²) >= 11 is 6.63. The molecule has 308 valence electrons. The topological polar surface area (TPSA) is 175 Å². The number of aryl methyl sites for hydroxylation is 1. The minimum Gasteiger partial charge on any atom is -0.506 e. The predicted molar refractivity (Wildman–Crippen MR) is 226 cm³/mol. The van der Waals surface area contributed by atoms with E-state index in [1.807, 2.05) is 42.5 Å². The number of likely N-dealkylation sites (N-methyl/N-ethyl adjacent to an activating group) is 1. The number of pyridine rings is 1. The number of H-pyrrole nitrogens is 1. The first-order valence-corrected chi connectivity index (χ1v) is 20.3. The van der Waals surface area contributed by atoms with Crippen LogP contribution in [0.5, 0.6) is 11.5 Å². The molecule has 4 aromatic carbocycles. The average Bonchev–Trinajstić information content (AvgIpc) is 3.99. The molecule has 6 atom stereocenters. The second-order valence-electron chi connectivity index (χ2n) is 16.2. The van der Waals surface area contributed by atoms with Gasteiger partial charge in [0.15, 0.2) is 0 Å². The minimum absolute atomic E-state index is 0.0812. The van der Waals surface area contributed by atoms with Crippen LogP contribution in [0.25, 0.3) is 22.0 Å². The fourth-order valence-corrected chi connectivity index (χ4v) is 9.23. The van der Waals surface area contributed by atoms with Gasteiger partial charge in [-0.25, -0.2) is 4.79 Å². The molecule has 13 nitrogen and oxygen atoms in total. The standard InChI is InChI=1S/C45H48ClN5O8/c1-51(2)35-20-28(21-36(51)44-43(35)59-44)58-45(56)49-33-15-12-25(18-31(33)26-9-5-4-6-10-26)8-7-11-40(54)48-34-22-39(57-3)27(19-32(34)46)23-47-24-38(53)29-13-16-37(52)42-30(29)14-17-41(55)50-42/h4-6,9-10,12-19,22,28,35-36,38,43-44,47,53H,7-8,11,20-21,23-24H2,1-3H3,(H3-,48,49,50,52,54,55,56)/p+1/t28?,35-,36+,38-,43-,44+/m0/s1. The molecule has 8 rings (SSSR count). The van der Waals surface area contributed by atoms with Crippen molar-refractivity contribution in [2.75, 3.05) is 38.4 Å². The van der Waals surface area contributed by atoms with Crippen LogP contribution in [-0.2, 0) is 27.2 Å². The summed E-state index contributed by atoms with van der Waals surface area (Å²) in [6.07, 6.45) is 2.05. The van der Waals surface area contributed by atoms with Crippen LogP contribution in [0, 0.1) is 0 Å². The van der Waals surface area contributed by atoms with Gasteiger partial charge in [-0.05, 0) is 59.9 Å². The van der Waals surface area contributed by atoms with Crippen molar-refractivity contribution >= 4 is 45.9 Å². The number of phenols is 1. The zero-order valence-corrected chi connectivity index (χ0v) is 33.9. The Kier molecular flexibility index (Phi) is 11.4. The summed E-state index contributed by atoms with van der Waals surface area (Å²) in [6.45, 7) is 0.463. The van der Waals surface area contributed by atoms with E-state index in [1.54, 1.807) is 24.3 Å². The Morgan fingerprint density at radius 1 is 0.966 bits per heavy atom. The summed E-state index contributed by atoms with van der Waals surface area (Å²) in [7, 11) is 6.03. The summed E-state index contributed by atoms with van der Waals surface area (Å²) in [5.41, 5.74) is 5.10. The van der Waals surface area contributed by atoms with E-state index < -0.39 is 12.2 Å². The highest BCUT2D eigenvalue weighted by Gasteiger charge is 2.70. The smallest absolute Gasteiger partial charge is 0.411 e. The van der Waals surface area contributed by atoms with E-state index in [9.17, 15) is 24.6 Å². The van der Waals surface area contributed by atoms with Gasteiger partial charge in [-0.15, -0.1) is 0 Å². The van der Waals surface area contributed by atoms with Crippen molar-refractivity contribution in [3.05, 3.63) is 117 Å². The molecule has 3 aliphatic rings. The number of aromatic amines is 1. The van der Waals surface area contributed by atoms with Gasteiger partial charge < -0.3 is 44.5 Å². The number of nitrogens with one attached hydrogen (secondary N) is 4. The molecule has 14 heteroatoms. The van der Waals surface area contributed by atoms with Crippen LogP contribution in [-0.4, -0.2) is 89.8 Å². The molecule has 59 heavy (non-hydrogen) atoms. The number of morpholine rings is 1. The van der Waals surface area contributed by atoms with Gasteiger partial charge in [0.25, 0.3) is 0 Å². The summed E-state index contributed by atoms with van der Waals surface area (Å²) in [4.78, 5) is 40.7. The Bertz CT molecular complexity index is 2420. The van der Waals surface area contributed by atoms with E-state index in [4.69, 9.17) is 25.8 Å². The number of piperidine rings is 1. The minimum atomic E-state index is -0.942. The van der Waals surface area contributed by atoms with Gasteiger partial charge in [0, 0.05) is 61.0 Å². The van der Waals surface area contributed by atoms with Crippen LogP contribution in [0.15, 0.2) is 89.7 Å². The van der Waals surface area contributed by atoms with Crippen LogP contribution in [0.1, 0.15) is 48.5 Å². The average molecular weight is 823 g/mol. The van der Waals surface area contributed by atoms with E-state index >= 15 is 0 Å². The molecule has 0 saturated carbocycles. The summed E-state index contributed by atoms with van der Waals surface area (Å²) in [5, 5.41) is 31.1. The van der Waals surface area contributed by atoms with Crippen LogP contribution < -0.4 is 26.2 Å². The number of fused-ring (bicyclic) bond motifs is 6. The van der Waals surface area contributed by atoms with Crippen molar-refractivity contribution in [2.24, 2.45) is 0 Å². The van der Waals surface area contributed by atoms with E-state index in [0.717, 1.165) is 39.6 Å². The lowest BCUT2D eigenvalue weighted by Crippen LogP contribution is -2.60. The summed E-state index contributed by atoms with van der Waals surface area (Å²) in [6, 6.07) is 25.8. The molecule has 1 aromatic heterocycles. The zero-order valence-electron chi connectivity index (χ0n) is 33.2. The molecular formula is C45H49ClN5O8+. The van der Waals surface area contributed by atoms with Gasteiger partial charge in [-0.3, -0.25) is 14.9 Å². The van der Waals surface area contributed by atoms with Gasteiger partial charge in [-0.2, -0.15) is 0 Å². The first-order valence-electron chi connectivity index (χ1n) is 19.9. The number of aromatic nitrogens is 1. The number of anilines is 2. The number of benzene rings is 4. The van der Waals surface area contributed by atoms with Gasteiger partial charge in [0.05, 0.1) is 49.2 Å². The third-order valence-corrected chi connectivity index (χ3v) is 12.5. The van der Waals surface area contributed by atoms with E-state index in [2.05, 4.69) is 41.1 Å². The number of aliphatic hydroxyl groups is 1. The van der Waals surface area contributed by atoms with Crippen LogP contribution in [0.3, 0.4) is 0 Å². The molecule has 1 unspecified atom stereocenters. The molecule has 3 saturated heterocycles. The van der Waals surface area contributed by atoms with Gasteiger partial charge in [0.2, 0.25) is 11.5 Å². The number of nitrogens with zero attached hydrogens (tertiary/aromatic N) is 1. The Hall–Kier alpha value is -5.44. The number of rotatable bonds is 14. The quantitative estimate of drug-likeness (QED) is 0.0529. The second kappa shape index (κ2) is 16.7. The number of epoxide rings is 1. The molecular weight excluding hydrogens is 774 g/mol. The Morgan fingerprint density at radius 3 is 2.47 bits per heavy atom. The maximum atomic E-state index is 13.2. The molecule has 6 N–H and O–H groups in total. The van der Waals surface area contributed by atoms with Gasteiger partial charge in [0.1, 0.15) is 41.9 Å². The van der Waals surface area contributed by atoms with Crippen molar-refractivity contribution in [1.82, 2.24) is 10.3 Å². The number of hydrogen-bond donors (Lipinski definition) is 6. The SMILES string of the molecule is COc1cc(NC(=O)CCCc2ccc(NC(=O)OC3C[C@@H]4[C@H]5O[C@H]5[C@H](C3)[N+]4(C)C)c(-c3ccccc3)c2)c(Cl)cc1CNC[C@H](O)c1ccc(O)c2[nH]c(=O)ccc12. The summed E-state index contributed by atoms with van der Waals surface area (Å²) in [5.74, 6) is 0.227. The predicted octanol–water partition coefficient (Wildman–Crippen LogP) is 6.65. The number of aliphatic hydroxyl groups excluding tert-OH is 1. The maximum Gasteiger partial charge on any atom is 0.411 e. The van der Waals surface area contributed by atoms with Crippen molar-refractivity contribution in [1.29, 1.82) is 0 Å². The van der Waals surface area contributed by atoms with E-state index in [-0.39, 0.29) is 54.0 Å². The molecule has 0 radical (unpaired) electrons. The van der Waals surface area contributed by atoms with Crippen molar-refractivity contribution < 1.29 is 38.5 Å². The van der Waals surface area contributed by atoms with Crippen molar-refractivity contribution in [3.63, 3.8) is 0 Å². The number of aromatic hydroxyl groups is 1. The fraction of sp³-hybridized carbons (Fsp3) is 0.356. The largest absolute Gasteiger partial charge is 0.506 e. The maximum absolute atomic E-state index is 13.2. The molecule has 3 fully saturated rings. The lowest BCUT2D eigenvalue weighted by Gasteiger charge is -2.45. The number of ether oxygens (including phenoxy) is 3. The molecule has 0 spiro atoms. The van der Waals surface area contributed by atoms with Crippen LogP contribution in [0.2, 0.25) is 5.02 Å². The molecule has 5 aromatic rings. The van der Waals surface area contributed by atoms with E-state index in [0.29, 0.717) is 64.6 Å². The first-order chi connectivity index (χ1) is 28.4. The number of halogens is 1. The highest BCUT2D eigenvalue weighted by molar-refractivity contribution is 6.33. The number of carbonyl (C=O) groups excluding carboxylic acids is 2. The number of quaternary nitrogens is 1. The van der Waals surface area contributed by atoms with Crippen molar-refractivity contribution in [2.45, 2.75) is 75.1 Å². The molecule has 2 amide bonds. The van der Waals surface area contributed by atoms with Gasteiger partial charge in [-0.1, -0.05) is 54.1 Å². The third kappa shape index (κ3) is 8.52. The Labute approximate surface area is 346 Å². The zero-order chi connectivity index (χ0) is 41.4. The van der Waals surface area contributed by atoms with Crippen molar-refractivity contribution in [3.8, 4) is 22.6 Å². The van der Waals surface area contributed by atoms with Crippen LogP contribution >= 0.6 is 11.6 Å². The first kappa shape index (κ1) is 40.3. The lowest BCUT2D eigenvalue weighted by molar-refractivity contribution is -0.938. The monoisotopic (exact) mass is 822 g/mol. The third-order valence-electron chi connectivity index (χ3n) is 12.1. The Balaban J connectivity index is 0.848. The highest BCUT2D eigenvalue weighted by Crippen LogP contribution is 2.51. The summed E-state index contributed by atoms with van der Waals surface area (Å²) < 4.78 is 18.4. The molecule has 0 aliphatic carbocycles. The van der Waals surface area contributed by atoms with Crippen LogP contribution in [0.4, 0.5) is 16.2 Å². The normalized spacial score (nSPS) is 21.7. The second-order valence-corrected chi connectivity index (χ2v) is 16.6.